The van der Waals surface area contributed by atoms with Gasteiger partial charge in [0.05, 0.1) is 6.04 Å². The summed E-state index contributed by atoms with van der Waals surface area (Å²) in [6.45, 7) is 11.2. The monoisotopic (exact) mass is 316 g/mol. The number of rotatable bonds is 2. The SMILES string of the molecule is CC(C)(C)OC(=O)NC1CN(C(=O)OC(C)(C)C)CC1CO. The number of hydrogen-bond donors (Lipinski definition) is 2. The molecule has 0 spiro atoms. The van der Waals surface area contributed by atoms with Crippen molar-refractivity contribution >= 4 is 12.2 Å². The number of aliphatic hydroxyl groups is 1. The Kier molecular flexibility index (Phi) is 5.67. The summed E-state index contributed by atoms with van der Waals surface area (Å²) in [5.41, 5.74) is -1.18. The molecule has 0 aliphatic carbocycles. The highest BCUT2D eigenvalue weighted by molar-refractivity contribution is 5.70. The number of alkyl carbamates (subject to hydrolysis) is 1. The maximum Gasteiger partial charge on any atom is 0.410 e. The third kappa shape index (κ3) is 6.09. The molecule has 2 atom stereocenters. The van der Waals surface area contributed by atoms with E-state index in [2.05, 4.69) is 5.32 Å². The van der Waals surface area contributed by atoms with Crippen LogP contribution >= 0.6 is 0 Å². The van der Waals surface area contributed by atoms with Crippen molar-refractivity contribution in [3.05, 3.63) is 0 Å². The molecule has 1 saturated heterocycles. The van der Waals surface area contributed by atoms with E-state index in [1.165, 1.54) is 4.90 Å². The highest BCUT2D eigenvalue weighted by atomic mass is 16.6. The largest absolute Gasteiger partial charge is 0.444 e. The van der Waals surface area contributed by atoms with Crippen LogP contribution in [0.25, 0.3) is 0 Å². The van der Waals surface area contributed by atoms with E-state index < -0.39 is 23.4 Å². The van der Waals surface area contributed by atoms with E-state index in [0.717, 1.165) is 0 Å². The van der Waals surface area contributed by atoms with Crippen LogP contribution in [-0.2, 0) is 9.47 Å². The van der Waals surface area contributed by atoms with E-state index in [4.69, 9.17) is 9.47 Å². The first-order valence-corrected chi connectivity index (χ1v) is 7.49. The van der Waals surface area contributed by atoms with Gasteiger partial charge >= 0.3 is 12.2 Å². The topological polar surface area (TPSA) is 88.1 Å². The maximum atomic E-state index is 12.1. The summed E-state index contributed by atoms with van der Waals surface area (Å²) in [4.78, 5) is 25.4. The van der Waals surface area contributed by atoms with Crippen LogP contribution in [0.5, 0.6) is 0 Å². The standard InChI is InChI=1S/C15H28N2O5/c1-14(2,3)21-12(19)16-11-8-17(7-10(11)9-18)13(20)22-15(4,5)6/h10-11,18H,7-9H2,1-6H3,(H,16,19). The summed E-state index contributed by atoms with van der Waals surface area (Å²) in [7, 11) is 0. The van der Waals surface area contributed by atoms with E-state index in [1.807, 2.05) is 0 Å². The molecule has 1 heterocycles. The van der Waals surface area contributed by atoms with E-state index in [0.29, 0.717) is 13.1 Å². The van der Waals surface area contributed by atoms with Crippen molar-refractivity contribution in [2.24, 2.45) is 5.92 Å². The third-order valence-corrected chi connectivity index (χ3v) is 3.03. The predicted molar refractivity (Wildman–Crippen MR) is 81.5 cm³/mol. The predicted octanol–water partition coefficient (Wildman–Crippen LogP) is 1.74. The third-order valence-electron chi connectivity index (χ3n) is 3.03. The van der Waals surface area contributed by atoms with Crippen LogP contribution in [0.3, 0.4) is 0 Å². The number of nitrogens with one attached hydrogen (secondary N) is 1. The van der Waals surface area contributed by atoms with Crippen molar-refractivity contribution in [3.8, 4) is 0 Å². The Labute approximate surface area is 131 Å². The van der Waals surface area contributed by atoms with Gasteiger partial charge in [0.25, 0.3) is 0 Å². The normalized spacial score (nSPS) is 22.4. The molecule has 7 heteroatoms. The smallest absolute Gasteiger partial charge is 0.410 e. The molecule has 2 N–H and O–H groups in total. The van der Waals surface area contributed by atoms with Crippen molar-refractivity contribution in [2.45, 2.75) is 58.8 Å². The lowest BCUT2D eigenvalue weighted by molar-refractivity contribution is 0.0277. The van der Waals surface area contributed by atoms with Gasteiger partial charge in [-0.05, 0) is 41.5 Å². The first kappa shape index (κ1) is 18.5. The minimum atomic E-state index is -0.595. The minimum absolute atomic E-state index is 0.125. The molecule has 1 fully saturated rings. The number of carbonyl (C=O) groups is 2. The molecule has 1 aliphatic rings. The summed E-state index contributed by atoms with van der Waals surface area (Å²) >= 11 is 0. The van der Waals surface area contributed by atoms with Gasteiger partial charge < -0.3 is 24.8 Å². The average Bonchev–Trinajstić information content (AvgIpc) is 2.67. The molecular formula is C15H28N2O5. The molecule has 7 nitrogen and oxygen atoms in total. The molecule has 22 heavy (non-hydrogen) atoms. The number of likely N-dealkylation sites (tertiary alicyclic amines) is 1. The van der Waals surface area contributed by atoms with Gasteiger partial charge in [-0.3, -0.25) is 0 Å². The van der Waals surface area contributed by atoms with Gasteiger partial charge in [-0.2, -0.15) is 0 Å². The molecule has 0 radical (unpaired) electrons. The van der Waals surface area contributed by atoms with E-state index >= 15 is 0 Å². The van der Waals surface area contributed by atoms with Crippen molar-refractivity contribution in [2.75, 3.05) is 19.7 Å². The second-order valence-corrected chi connectivity index (χ2v) is 7.58. The highest BCUT2D eigenvalue weighted by Crippen LogP contribution is 2.20. The Morgan fingerprint density at radius 1 is 1.09 bits per heavy atom. The minimum Gasteiger partial charge on any atom is -0.444 e. The van der Waals surface area contributed by atoms with E-state index in [-0.39, 0.29) is 18.6 Å². The van der Waals surface area contributed by atoms with Crippen molar-refractivity contribution < 1.29 is 24.2 Å². The molecule has 0 saturated carbocycles. The fourth-order valence-corrected chi connectivity index (χ4v) is 2.15. The Balaban J connectivity index is 2.62. The number of hydrogen-bond acceptors (Lipinski definition) is 5. The first-order valence-electron chi connectivity index (χ1n) is 7.49. The van der Waals surface area contributed by atoms with E-state index in [9.17, 15) is 14.7 Å². The zero-order valence-corrected chi connectivity index (χ0v) is 14.3. The number of nitrogens with zero attached hydrogens (tertiary/aromatic N) is 1. The molecule has 0 aromatic rings. The molecule has 1 aliphatic heterocycles. The number of carbonyl (C=O) groups excluding carboxylic acids is 2. The van der Waals surface area contributed by atoms with Crippen LogP contribution in [0.2, 0.25) is 0 Å². The van der Waals surface area contributed by atoms with Crippen molar-refractivity contribution in [1.29, 1.82) is 0 Å². The molecule has 0 aromatic heterocycles. The van der Waals surface area contributed by atoms with Gasteiger partial charge in [0.1, 0.15) is 11.2 Å². The van der Waals surface area contributed by atoms with Crippen LogP contribution in [0.15, 0.2) is 0 Å². The zero-order chi connectivity index (χ0) is 17.1. The molecule has 2 amide bonds. The molecule has 128 valence electrons. The van der Waals surface area contributed by atoms with Crippen molar-refractivity contribution in [3.63, 3.8) is 0 Å². The summed E-state index contributed by atoms with van der Waals surface area (Å²) in [6.07, 6.45) is -0.999. The van der Waals surface area contributed by atoms with Crippen LogP contribution in [0.1, 0.15) is 41.5 Å². The summed E-state index contributed by atoms with van der Waals surface area (Å²) < 4.78 is 10.5. The van der Waals surface area contributed by atoms with E-state index in [1.54, 1.807) is 41.5 Å². The Morgan fingerprint density at radius 3 is 2.09 bits per heavy atom. The summed E-state index contributed by atoms with van der Waals surface area (Å²) in [5.74, 6) is -0.236. The fourth-order valence-electron chi connectivity index (χ4n) is 2.15. The van der Waals surface area contributed by atoms with Gasteiger partial charge in [-0.1, -0.05) is 0 Å². The Hall–Kier alpha value is -1.50. The fraction of sp³-hybridized carbons (Fsp3) is 0.867. The van der Waals surface area contributed by atoms with Gasteiger partial charge in [-0.15, -0.1) is 0 Å². The van der Waals surface area contributed by atoms with Crippen LogP contribution in [0.4, 0.5) is 9.59 Å². The van der Waals surface area contributed by atoms with Gasteiger partial charge in [0, 0.05) is 25.6 Å². The average molecular weight is 316 g/mol. The molecule has 2 unspecified atom stereocenters. The van der Waals surface area contributed by atoms with Crippen molar-refractivity contribution in [1.82, 2.24) is 10.2 Å². The molecule has 0 aromatic carbocycles. The number of ether oxygens (including phenoxy) is 2. The second kappa shape index (κ2) is 6.73. The zero-order valence-electron chi connectivity index (χ0n) is 14.3. The quantitative estimate of drug-likeness (QED) is 0.810. The lowest BCUT2D eigenvalue weighted by atomic mass is 10.1. The second-order valence-electron chi connectivity index (χ2n) is 7.58. The Morgan fingerprint density at radius 2 is 1.64 bits per heavy atom. The summed E-state index contributed by atoms with van der Waals surface area (Å²) in [6, 6.07) is -0.354. The van der Waals surface area contributed by atoms with Crippen LogP contribution < -0.4 is 5.32 Å². The lowest BCUT2D eigenvalue weighted by Gasteiger charge is -2.25. The van der Waals surface area contributed by atoms with Gasteiger partial charge in [-0.25, -0.2) is 9.59 Å². The van der Waals surface area contributed by atoms with Gasteiger partial charge in [0.15, 0.2) is 0 Å². The lowest BCUT2D eigenvalue weighted by Crippen LogP contribution is -2.44. The summed E-state index contributed by atoms with van der Waals surface area (Å²) in [5, 5.41) is 12.2. The van der Waals surface area contributed by atoms with Gasteiger partial charge in [0.2, 0.25) is 0 Å². The molecule has 1 rings (SSSR count). The highest BCUT2D eigenvalue weighted by Gasteiger charge is 2.38. The first-order chi connectivity index (χ1) is 9.91. The number of amides is 2. The molecule has 0 bridgehead atoms. The maximum absolute atomic E-state index is 12.1. The number of aliphatic hydroxyl groups excluding tert-OH is 1. The Bertz CT molecular complexity index is 411. The molecular weight excluding hydrogens is 288 g/mol. The van der Waals surface area contributed by atoms with Crippen LogP contribution in [-0.4, -0.2) is 59.1 Å². The van der Waals surface area contributed by atoms with Crippen LogP contribution in [0, 0.1) is 5.92 Å².